The predicted molar refractivity (Wildman–Crippen MR) is 70.3 cm³/mol. The van der Waals surface area contributed by atoms with Crippen molar-refractivity contribution in [3.05, 3.63) is 34.9 Å². The number of ether oxygens (including phenoxy) is 1. The molecule has 0 aliphatic rings. The van der Waals surface area contributed by atoms with E-state index in [4.69, 9.17) is 38.4 Å². The molecule has 0 aliphatic carbocycles. The van der Waals surface area contributed by atoms with Crippen LogP contribution in [0.1, 0.15) is 17.9 Å². The predicted octanol–water partition coefficient (Wildman–Crippen LogP) is 3.38. The number of hydrogen-bond acceptors (Lipinski definition) is 4. The second-order valence-electron chi connectivity index (χ2n) is 3.50. The van der Waals surface area contributed by atoms with Crippen molar-refractivity contribution in [1.82, 2.24) is 0 Å². The Balaban J connectivity index is 2.53. The van der Waals surface area contributed by atoms with Crippen molar-refractivity contribution in [2.75, 3.05) is 12.5 Å². The summed E-state index contributed by atoms with van der Waals surface area (Å²) in [4.78, 5) is 0. The average Bonchev–Trinajstić information content (AvgIpc) is 2.41. The molecule has 0 radical (unpaired) electrons. The summed E-state index contributed by atoms with van der Waals surface area (Å²) in [6, 6.07) is 9.27. The van der Waals surface area contributed by atoms with E-state index in [1.165, 1.54) is 0 Å². The van der Waals surface area contributed by atoms with Crippen molar-refractivity contribution in [2.45, 2.75) is 12.3 Å². The van der Waals surface area contributed by atoms with Crippen LogP contribution in [0.3, 0.4) is 0 Å². The van der Waals surface area contributed by atoms with Gasteiger partial charge in [0.1, 0.15) is 5.88 Å². The molecule has 0 spiro atoms. The van der Waals surface area contributed by atoms with Crippen LogP contribution in [0, 0.1) is 11.3 Å². The van der Waals surface area contributed by atoms with Crippen molar-refractivity contribution in [3.63, 3.8) is 0 Å². The maximum Gasteiger partial charge on any atom is 0.240 e. The third-order valence-electron chi connectivity index (χ3n) is 2.33. The molecular weight excluding hydrogens is 275 g/mol. The quantitative estimate of drug-likeness (QED) is 0.297. The van der Waals surface area contributed by atoms with Crippen LogP contribution in [0.15, 0.2) is 29.4 Å². The minimum atomic E-state index is -0.294. The van der Waals surface area contributed by atoms with Crippen molar-refractivity contribution < 1.29 is 9.94 Å². The van der Waals surface area contributed by atoms with Crippen LogP contribution < -0.4 is 0 Å². The SMILES string of the molecule is N#CC(CCOC(CCl)=NO)c1ccc(Cl)cc1. The maximum atomic E-state index is 9.08. The Hall–Kier alpha value is -1.44. The minimum Gasteiger partial charge on any atom is -0.478 e. The Morgan fingerprint density at radius 2 is 2.11 bits per heavy atom. The Bertz CT molecular complexity index is 440. The normalized spacial score (nSPS) is 12.8. The molecule has 1 aromatic carbocycles. The van der Waals surface area contributed by atoms with Crippen LogP contribution in [0.5, 0.6) is 0 Å². The molecule has 0 saturated heterocycles. The molecule has 1 unspecified atom stereocenters. The Morgan fingerprint density at radius 3 is 2.61 bits per heavy atom. The molecule has 18 heavy (non-hydrogen) atoms. The fourth-order valence-electron chi connectivity index (χ4n) is 1.39. The molecule has 0 aromatic heterocycles. The van der Waals surface area contributed by atoms with Crippen LogP contribution in [0.2, 0.25) is 5.02 Å². The number of nitriles is 1. The monoisotopic (exact) mass is 286 g/mol. The lowest BCUT2D eigenvalue weighted by Crippen LogP contribution is -2.10. The molecule has 1 atom stereocenters. The molecule has 0 aliphatic heterocycles. The summed E-state index contributed by atoms with van der Waals surface area (Å²) < 4.78 is 5.11. The second kappa shape index (κ2) is 7.80. The molecule has 0 amide bonds. The minimum absolute atomic E-state index is 0.00529. The highest BCUT2D eigenvalue weighted by Gasteiger charge is 2.11. The highest BCUT2D eigenvalue weighted by atomic mass is 35.5. The fourth-order valence-corrected chi connectivity index (χ4v) is 1.65. The van der Waals surface area contributed by atoms with Gasteiger partial charge in [0, 0.05) is 11.4 Å². The number of nitrogens with zero attached hydrogens (tertiary/aromatic N) is 2. The van der Waals surface area contributed by atoms with Gasteiger partial charge in [-0.2, -0.15) is 5.26 Å². The van der Waals surface area contributed by atoms with E-state index in [1.807, 2.05) is 0 Å². The number of benzene rings is 1. The Morgan fingerprint density at radius 1 is 1.44 bits per heavy atom. The van der Waals surface area contributed by atoms with Gasteiger partial charge in [0.2, 0.25) is 5.90 Å². The van der Waals surface area contributed by atoms with Crippen LogP contribution in [-0.4, -0.2) is 23.6 Å². The first-order valence-electron chi connectivity index (χ1n) is 5.26. The molecule has 1 rings (SSSR count). The molecular formula is C12H12Cl2N2O2. The van der Waals surface area contributed by atoms with Crippen LogP contribution in [0.4, 0.5) is 0 Å². The number of rotatable bonds is 5. The van der Waals surface area contributed by atoms with E-state index in [2.05, 4.69) is 11.2 Å². The molecule has 0 heterocycles. The summed E-state index contributed by atoms with van der Waals surface area (Å²) in [6.45, 7) is 0.257. The summed E-state index contributed by atoms with van der Waals surface area (Å²) in [7, 11) is 0. The van der Waals surface area contributed by atoms with Gasteiger partial charge >= 0.3 is 0 Å². The van der Waals surface area contributed by atoms with Crippen LogP contribution >= 0.6 is 23.2 Å². The summed E-state index contributed by atoms with van der Waals surface area (Å²) in [5.41, 5.74) is 0.874. The number of alkyl halides is 1. The lowest BCUT2D eigenvalue weighted by molar-refractivity contribution is 0.248. The van der Waals surface area contributed by atoms with Gasteiger partial charge in [-0.3, -0.25) is 0 Å². The summed E-state index contributed by atoms with van der Waals surface area (Å²) in [5, 5.41) is 21.1. The van der Waals surface area contributed by atoms with E-state index in [9.17, 15) is 0 Å². The topological polar surface area (TPSA) is 65.6 Å². The van der Waals surface area contributed by atoms with E-state index < -0.39 is 0 Å². The largest absolute Gasteiger partial charge is 0.478 e. The fraction of sp³-hybridized carbons (Fsp3) is 0.333. The zero-order chi connectivity index (χ0) is 13.4. The van der Waals surface area contributed by atoms with Crippen molar-refractivity contribution in [2.24, 2.45) is 5.16 Å². The van der Waals surface area contributed by atoms with Gasteiger partial charge in [-0.05, 0) is 17.7 Å². The van der Waals surface area contributed by atoms with E-state index >= 15 is 0 Å². The highest BCUT2D eigenvalue weighted by molar-refractivity contribution is 6.30. The van der Waals surface area contributed by atoms with Gasteiger partial charge in [-0.15, -0.1) is 11.6 Å². The van der Waals surface area contributed by atoms with E-state index in [1.54, 1.807) is 24.3 Å². The second-order valence-corrected chi connectivity index (χ2v) is 4.20. The standard InChI is InChI=1S/C12H12Cl2N2O2/c13-7-12(16-17)18-6-5-10(8-15)9-1-3-11(14)4-2-9/h1-4,10,17H,5-7H2. The third-order valence-corrected chi connectivity index (χ3v) is 2.81. The van der Waals surface area contributed by atoms with E-state index in [-0.39, 0.29) is 24.3 Å². The zero-order valence-electron chi connectivity index (χ0n) is 9.51. The number of oxime groups is 1. The summed E-state index contributed by atoms with van der Waals surface area (Å²) in [6.07, 6.45) is 0.480. The lowest BCUT2D eigenvalue weighted by atomic mass is 9.98. The summed E-state index contributed by atoms with van der Waals surface area (Å²) in [5.74, 6) is -0.253. The molecule has 4 nitrogen and oxygen atoms in total. The Kier molecular flexibility index (Phi) is 6.34. The van der Waals surface area contributed by atoms with Gasteiger partial charge < -0.3 is 9.94 Å². The van der Waals surface area contributed by atoms with Gasteiger partial charge in [0.25, 0.3) is 0 Å². The molecule has 1 aromatic rings. The molecule has 1 N–H and O–H groups in total. The van der Waals surface area contributed by atoms with Crippen LogP contribution in [-0.2, 0) is 4.74 Å². The average molecular weight is 287 g/mol. The Labute approximate surface area is 115 Å². The first kappa shape index (κ1) is 14.6. The highest BCUT2D eigenvalue weighted by Crippen LogP contribution is 2.21. The van der Waals surface area contributed by atoms with Crippen molar-refractivity contribution in [3.8, 4) is 6.07 Å². The number of hydrogen-bond donors (Lipinski definition) is 1. The van der Waals surface area contributed by atoms with E-state index in [0.717, 1.165) is 5.56 Å². The maximum absolute atomic E-state index is 9.08. The van der Waals surface area contributed by atoms with Gasteiger partial charge in [-0.25, -0.2) is 0 Å². The van der Waals surface area contributed by atoms with Crippen molar-refractivity contribution >= 4 is 29.1 Å². The number of halogens is 2. The first-order valence-corrected chi connectivity index (χ1v) is 6.17. The molecule has 0 saturated carbocycles. The molecule has 96 valence electrons. The van der Waals surface area contributed by atoms with Gasteiger partial charge in [0.05, 0.1) is 18.6 Å². The zero-order valence-corrected chi connectivity index (χ0v) is 11.0. The van der Waals surface area contributed by atoms with Crippen molar-refractivity contribution in [1.29, 1.82) is 5.26 Å². The molecule has 6 heteroatoms. The smallest absolute Gasteiger partial charge is 0.240 e. The van der Waals surface area contributed by atoms with Gasteiger partial charge in [0.15, 0.2) is 0 Å². The van der Waals surface area contributed by atoms with Gasteiger partial charge in [-0.1, -0.05) is 28.9 Å². The summed E-state index contributed by atoms with van der Waals surface area (Å²) >= 11 is 11.2. The first-order chi connectivity index (χ1) is 8.71. The lowest BCUT2D eigenvalue weighted by Gasteiger charge is -2.10. The third kappa shape index (κ3) is 4.44. The van der Waals surface area contributed by atoms with Crippen LogP contribution in [0.25, 0.3) is 0 Å². The molecule has 0 fully saturated rings. The van der Waals surface area contributed by atoms with E-state index in [0.29, 0.717) is 11.4 Å². The molecule has 0 bridgehead atoms.